The summed E-state index contributed by atoms with van der Waals surface area (Å²) < 4.78 is 20.4. The number of fused-ring (bicyclic) bond motifs is 2. The van der Waals surface area contributed by atoms with Crippen molar-refractivity contribution in [2.75, 3.05) is 20.3 Å². The van der Waals surface area contributed by atoms with Gasteiger partial charge in [0.15, 0.2) is 5.54 Å². The number of hydrogen-bond acceptors (Lipinski definition) is 8. The first-order valence-electron chi connectivity index (χ1n) is 9.13. The summed E-state index contributed by atoms with van der Waals surface area (Å²) in [5, 5.41) is 2.71. The molecule has 1 aromatic carbocycles. The number of rotatable bonds is 5. The number of amides is 3. The summed E-state index contributed by atoms with van der Waals surface area (Å²) in [6, 6.07) is 9.12. The average Bonchev–Trinajstić information content (AvgIpc) is 3.32. The normalized spacial score (nSPS) is 19.8. The zero-order valence-electron chi connectivity index (χ0n) is 16.0. The molecular formula is C20H18N2O8. The summed E-state index contributed by atoms with van der Waals surface area (Å²) in [4.78, 5) is 50.0. The highest BCUT2D eigenvalue weighted by Crippen LogP contribution is 2.40. The van der Waals surface area contributed by atoms with Gasteiger partial charge in [-0.15, -0.1) is 0 Å². The Balaban J connectivity index is 1.42. The number of furan rings is 1. The number of hydrogen-bond donors (Lipinski definition) is 1. The predicted octanol–water partition coefficient (Wildman–Crippen LogP) is 1.34. The Kier molecular flexibility index (Phi) is 4.90. The lowest BCUT2D eigenvalue weighted by molar-refractivity contribution is -0.149. The Labute approximate surface area is 170 Å². The van der Waals surface area contributed by atoms with Crippen LogP contribution in [0.5, 0.6) is 5.75 Å². The second kappa shape index (κ2) is 7.54. The van der Waals surface area contributed by atoms with E-state index in [1.807, 2.05) is 0 Å². The largest absolute Gasteiger partial charge is 0.493 e. The first kappa shape index (κ1) is 19.5. The molecule has 2 aromatic rings. The number of nitrogens with one attached hydrogen (secondary N) is 1. The average molecular weight is 414 g/mol. The molecule has 2 aliphatic heterocycles. The number of carbonyl (C=O) groups is 4. The molecule has 2 aliphatic rings. The SMILES string of the molecule is COC(=O)c1ccc(COC(=O)CN2C(=O)N[C@]3(CCOc4ccccc43)C2=O)o1. The first-order valence-corrected chi connectivity index (χ1v) is 9.13. The van der Waals surface area contributed by atoms with Crippen LogP contribution in [0.25, 0.3) is 0 Å². The lowest BCUT2D eigenvalue weighted by Gasteiger charge is -2.33. The van der Waals surface area contributed by atoms with Gasteiger partial charge in [0.2, 0.25) is 5.76 Å². The highest BCUT2D eigenvalue weighted by atomic mass is 16.6. The number of carbonyl (C=O) groups excluding carboxylic acids is 4. The van der Waals surface area contributed by atoms with E-state index >= 15 is 0 Å². The molecule has 1 saturated heterocycles. The number of ether oxygens (including phenoxy) is 3. The van der Waals surface area contributed by atoms with Crippen molar-refractivity contribution < 1.29 is 37.8 Å². The standard InChI is InChI=1S/C20H18N2O8/c1-27-17(24)15-7-6-12(30-15)11-29-16(23)10-22-18(25)20(21-19(22)26)8-9-28-14-5-3-2-4-13(14)20/h2-7H,8-11H2,1H3,(H,21,26)/t20-/m0/s1. The zero-order valence-corrected chi connectivity index (χ0v) is 16.0. The fraction of sp³-hybridized carbons (Fsp3) is 0.300. The highest BCUT2D eigenvalue weighted by molar-refractivity contribution is 6.09. The van der Waals surface area contributed by atoms with E-state index in [4.69, 9.17) is 13.9 Å². The van der Waals surface area contributed by atoms with Crippen LogP contribution in [0.15, 0.2) is 40.8 Å². The Morgan fingerprint density at radius 1 is 1.20 bits per heavy atom. The molecule has 0 bridgehead atoms. The molecule has 1 atom stereocenters. The molecule has 0 unspecified atom stereocenters. The van der Waals surface area contributed by atoms with E-state index in [0.717, 1.165) is 4.90 Å². The van der Waals surface area contributed by atoms with Gasteiger partial charge in [0, 0.05) is 12.0 Å². The summed E-state index contributed by atoms with van der Waals surface area (Å²) >= 11 is 0. The molecule has 1 fully saturated rings. The second-order valence-corrected chi connectivity index (χ2v) is 6.74. The Hall–Kier alpha value is -3.82. The first-order chi connectivity index (χ1) is 14.4. The van der Waals surface area contributed by atoms with Crippen LogP contribution < -0.4 is 10.1 Å². The topological polar surface area (TPSA) is 124 Å². The van der Waals surface area contributed by atoms with Crippen molar-refractivity contribution in [1.29, 1.82) is 0 Å². The summed E-state index contributed by atoms with van der Waals surface area (Å²) in [6.45, 7) is -0.566. The van der Waals surface area contributed by atoms with Gasteiger partial charge in [0.25, 0.3) is 5.91 Å². The minimum atomic E-state index is -1.26. The number of benzene rings is 1. The molecule has 1 N–H and O–H groups in total. The van der Waals surface area contributed by atoms with Gasteiger partial charge in [-0.1, -0.05) is 18.2 Å². The van der Waals surface area contributed by atoms with Crippen LogP contribution in [0.2, 0.25) is 0 Å². The highest BCUT2D eigenvalue weighted by Gasteiger charge is 2.55. The molecule has 30 heavy (non-hydrogen) atoms. The van der Waals surface area contributed by atoms with Crippen molar-refractivity contribution in [3.63, 3.8) is 0 Å². The molecule has 0 saturated carbocycles. The van der Waals surface area contributed by atoms with Crippen molar-refractivity contribution in [3.8, 4) is 5.75 Å². The third-order valence-corrected chi connectivity index (χ3v) is 4.97. The lowest BCUT2D eigenvalue weighted by atomic mass is 9.84. The fourth-order valence-electron chi connectivity index (χ4n) is 3.51. The maximum atomic E-state index is 13.1. The van der Waals surface area contributed by atoms with Crippen molar-refractivity contribution in [2.24, 2.45) is 0 Å². The number of esters is 2. The van der Waals surface area contributed by atoms with E-state index in [0.29, 0.717) is 11.3 Å². The van der Waals surface area contributed by atoms with Crippen LogP contribution in [-0.2, 0) is 31.2 Å². The summed E-state index contributed by atoms with van der Waals surface area (Å²) in [5.74, 6) is -1.29. The van der Waals surface area contributed by atoms with E-state index < -0.39 is 36.0 Å². The smallest absolute Gasteiger partial charge is 0.373 e. The summed E-state index contributed by atoms with van der Waals surface area (Å²) in [7, 11) is 1.21. The second-order valence-electron chi connectivity index (χ2n) is 6.74. The van der Waals surface area contributed by atoms with Gasteiger partial charge in [-0.3, -0.25) is 14.5 Å². The summed E-state index contributed by atoms with van der Waals surface area (Å²) in [5.41, 5.74) is -0.709. The molecule has 4 rings (SSSR count). The number of imide groups is 1. The zero-order chi connectivity index (χ0) is 21.3. The number of methoxy groups -OCH3 is 1. The minimum Gasteiger partial charge on any atom is -0.493 e. The molecule has 3 heterocycles. The van der Waals surface area contributed by atoms with Gasteiger partial charge >= 0.3 is 18.0 Å². The Morgan fingerprint density at radius 3 is 2.80 bits per heavy atom. The monoisotopic (exact) mass is 414 g/mol. The van der Waals surface area contributed by atoms with Gasteiger partial charge in [-0.2, -0.15) is 0 Å². The fourth-order valence-corrected chi connectivity index (χ4v) is 3.51. The van der Waals surface area contributed by atoms with E-state index in [-0.39, 0.29) is 31.2 Å². The Bertz CT molecular complexity index is 1030. The Morgan fingerprint density at radius 2 is 2.00 bits per heavy atom. The molecule has 10 heteroatoms. The molecule has 10 nitrogen and oxygen atoms in total. The molecule has 1 aromatic heterocycles. The van der Waals surface area contributed by atoms with Crippen molar-refractivity contribution in [2.45, 2.75) is 18.6 Å². The molecule has 1 spiro atoms. The van der Waals surface area contributed by atoms with Gasteiger partial charge in [0.05, 0.1) is 13.7 Å². The lowest BCUT2D eigenvalue weighted by Crippen LogP contribution is -2.47. The molecule has 0 radical (unpaired) electrons. The van der Waals surface area contributed by atoms with Crippen LogP contribution in [0.4, 0.5) is 4.79 Å². The van der Waals surface area contributed by atoms with E-state index in [1.54, 1.807) is 24.3 Å². The molecular weight excluding hydrogens is 396 g/mol. The minimum absolute atomic E-state index is 0.0298. The van der Waals surface area contributed by atoms with Crippen molar-refractivity contribution in [3.05, 3.63) is 53.5 Å². The quantitative estimate of drug-likeness (QED) is 0.574. The number of urea groups is 1. The molecule has 0 aliphatic carbocycles. The van der Waals surface area contributed by atoms with E-state index in [2.05, 4.69) is 10.1 Å². The van der Waals surface area contributed by atoms with Gasteiger partial charge < -0.3 is 23.9 Å². The number of para-hydroxylation sites is 1. The van der Waals surface area contributed by atoms with Crippen LogP contribution in [0.3, 0.4) is 0 Å². The maximum Gasteiger partial charge on any atom is 0.373 e. The molecule has 3 amide bonds. The van der Waals surface area contributed by atoms with E-state index in [1.165, 1.54) is 19.2 Å². The maximum absolute atomic E-state index is 13.1. The third kappa shape index (κ3) is 3.25. The third-order valence-electron chi connectivity index (χ3n) is 4.97. The van der Waals surface area contributed by atoms with Crippen LogP contribution in [-0.4, -0.2) is 49.0 Å². The summed E-state index contributed by atoms with van der Waals surface area (Å²) in [6.07, 6.45) is 0.253. The van der Waals surface area contributed by atoms with Gasteiger partial charge in [0.1, 0.15) is 24.7 Å². The van der Waals surface area contributed by atoms with Crippen molar-refractivity contribution in [1.82, 2.24) is 10.2 Å². The van der Waals surface area contributed by atoms with Crippen molar-refractivity contribution >= 4 is 23.9 Å². The number of nitrogens with zero attached hydrogens (tertiary/aromatic N) is 1. The molecule has 156 valence electrons. The predicted molar refractivity (Wildman–Crippen MR) is 98.3 cm³/mol. The van der Waals surface area contributed by atoms with Crippen LogP contribution >= 0.6 is 0 Å². The van der Waals surface area contributed by atoms with Crippen LogP contribution in [0, 0.1) is 0 Å². The van der Waals surface area contributed by atoms with Gasteiger partial charge in [-0.05, 0) is 18.2 Å². The van der Waals surface area contributed by atoms with Gasteiger partial charge in [-0.25, -0.2) is 9.59 Å². The van der Waals surface area contributed by atoms with Crippen LogP contribution in [0.1, 0.15) is 28.3 Å². The van der Waals surface area contributed by atoms with E-state index in [9.17, 15) is 19.2 Å².